The minimum absolute atomic E-state index is 0.229. The highest BCUT2D eigenvalue weighted by Gasteiger charge is 2.42. The van der Waals surface area contributed by atoms with E-state index in [2.05, 4.69) is 33.6 Å². The van der Waals surface area contributed by atoms with Crippen molar-refractivity contribution < 1.29 is 4.79 Å². The van der Waals surface area contributed by atoms with E-state index in [1.54, 1.807) is 12.4 Å². The van der Waals surface area contributed by atoms with Crippen LogP contribution in [-0.4, -0.2) is 47.0 Å². The van der Waals surface area contributed by atoms with Gasteiger partial charge in [0.1, 0.15) is 5.82 Å². The fraction of sp³-hybridized carbons (Fsp3) is 0.737. The molecule has 1 spiro atoms. The van der Waals surface area contributed by atoms with Gasteiger partial charge in [0.25, 0.3) is 0 Å². The molecule has 0 aliphatic carbocycles. The van der Waals surface area contributed by atoms with Crippen LogP contribution < -0.4 is 4.90 Å². The van der Waals surface area contributed by atoms with Crippen LogP contribution in [0.25, 0.3) is 0 Å². The van der Waals surface area contributed by atoms with E-state index < -0.39 is 0 Å². The number of aromatic nitrogens is 2. The number of likely N-dealkylation sites (tertiary alicyclic amines) is 1. The van der Waals surface area contributed by atoms with Crippen LogP contribution in [-0.2, 0) is 4.79 Å². The summed E-state index contributed by atoms with van der Waals surface area (Å²) in [5.41, 5.74) is 1.23. The average molecular weight is 330 g/mol. The Labute approximate surface area is 145 Å². The predicted octanol–water partition coefficient (Wildman–Crippen LogP) is 3.04. The Hall–Kier alpha value is -1.65. The SMILES string of the molecule is Cc1nccnc1N1CCCC2(CCC(=O)N(CCC(C)C)C2)C1. The Morgan fingerprint density at radius 3 is 2.75 bits per heavy atom. The Morgan fingerprint density at radius 2 is 2.00 bits per heavy atom. The van der Waals surface area contributed by atoms with Gasteiger partial charge in [0, 0.05) is 50.4 Å². The lowest BCUT2D eigenvalue weighted by Crippen LogP contribution is -2.54. The molecule has 3 heterocycles. The second kappa shape index (κ2) is 7.08. The number of carbonyl (C=O) groups excluding carboxylic acids is 1. The van der Waals surface area contributed by atoms with Crippen molar-refractivity contribution in [1.82, 2.24) is 14.9 Å². The molecule has 24 heavy (non-hydrogen) atoms. The number of anilines is 1. The minimum atomic E-state index is 0.229. The van der Waals surface area contributed by atoms with Gasteiger partial charge in [-0.2, -0.15) is 0 Å². The van der Waals surface area contributed by atoms with Gasteiger partial charge in [0.2, 0.25) is 5.91 Å². The zero-order chi connectivity index (χ0) is 17.2. The molecule has 2 aliphatic heterocycles. The van der Waals surface area contributed by atoms with E-state index in [0.717, 1.165) is 50.5 Å². The Morgan fingerprint density at radius 1 is 1.21 bits per heavy atom. The number of piperidine rings is 2. The van der Waals surface area contributed by atoms with E-state index in [-0.39, 0.29) is 5.41 Å². The van der Waals surface area contributed by atoms with Crippen LogP contribution in [0.2, 0.25) is 0 Å². The van der Waals surface area contributed by atoms with Gasteiger partial charge in [-0.1, -0.05) is 13.8 Å². The highest BCUT2D eigenvalue weighted by molar-refractivity contribution is 5.77. The molecule has 5 nitrogen and oxygen atoms in total. The van der Waals surface area contributed by atoms with Gasteiger partial charge in [-0.05, 0) is 38.5 Å². The van der Waals surface area contributed by atoms with E-state index in [0.29, 0.717) is 18.2 Å². The molecule has 1 aromatic rings. The van der Waals surface area contributed by atoms with Crippen molar-refractivity contribution in [3.05, 3.63) is 18.1 Å². The maximum absolute atomic E-state index is 12.3. The highest BCUT2D eigenvalue weighted by Crippen LogP contribution is 2.40. The second-order valence-electron chi connectivity index (χ2n) is 7.99. The first-order valence-electron chi connectivity index (χ1n) is 9.29. The molecular formula is C19H30N4O. The standard InChI is InChI=1S/C19H30N4O/c1-15(2)6-12-22-13-19(8-5-17(22)24)7-4-11-23(14-19)18-16(3)20-9-10-21-18/h9-10,15H,4-8,11-14H2,1-3H3. The molecule has 2 fully saturated rings. The number of carbonyl (C=O) groups is 1. The molecule has 5 heteroatoms. The molecule has 2 saturated heterocycles. The molecule has 132 valence electrons. The first-order valence-corrected chi connectivity index (χ1v) is 9.29. The number of aryl methyl sites for hydroxylation is 1. The second-order valence-corrected chi connectivity index (χ2v) is 7.99. The molecule has 1 amide bonds. The quantitative estimate of drug-likeness (QED) is 0.851. The fourth-order valence-electron chi connectivity index (χ4n) is 4.15. The Kier molecular flexibility index (Phi) is 5.07. The van der Waals surface area contributed by atoms with Crippen molar-refractivity contribution in [1.29, 1.82) is 0 Å². The molecule has 0 saturated carbocycles. The van der Waals surface area contributed by atoms with Crippen LogP contribution >= 0.6 is 0 Å². The molecule has 0 radical (unpaired) electrons. The van der Waals surface area contributed by atoms with E-state index in [1.165, 1.54) is 12.8 Å². The van der Waals surface area contributed by atoms with Crippen molar-refractivity contribution in [2.75, 3.05) is 31.1 Å². The summed E-state index contributed by atoms with van der Waals surface area (Å²) in [5, 5.41) is 0. The molecule has 3 rings (SSSR count). The van der Waals surface area contributed by atoms with Gasteiger partial charge in [0.15, 0.2) is 0 Å². The average Bonchev–Trinajstić information content (AvgIpc) is 2.56. The Bertz CT molecular complexity index is 588. The first kappa shape index (κ1) is 17.2. The summed E-state index contributed by atoms with van der Waals surface area (Å²) in [7, 11) is 0. The molecule has 0 bridgehead atoms. The van der Waals surface area contributed by atoms with E-state index in [4.69, 9.17) is 0 Å². The van der Waals surface area contributed by atoms with Crippen LogP contribution in [0.15, 0.2) is 12.4 Å². The van der Waals surface area contributed by atoms with Crippen LogP contribution in [0.3, 0.4) is 0 Å². The van der Waals surface area contributed by atoms with Crippen LogP contribution in [0.4, 0.5) is 5.82 Å². The summed E-state index contributed by atoms with van der Waals surface area (Å²) < 4.78 is 0. The van der Waals surface area contributed by atoms with Crippen molar-refractivity contribution in [2.45, 2.75) is 52.9 Å². The smallest absolute Gasteiger partial charge is 0.222 e. The lowest BCUT2D eigenvalue weighted by atomic mass is 9.73. The normalized spacial score (nSPS) is 24.9. The van der Waals surface area contributed by atoms with Crippen molar-refractivity contribution in [3.8, 4) is 0 Å². The molecule has 1 unspecified atom stereocenters. The zero-order valence-corrected chi connectivity index (χ0v) is 15.3. The van der Waals surface area contributed by atoms with Crippen LogP contribution in [0, 0.1) is 18.3 Å². The molecule has 0 aromatic carbocycles. The van der Waals surface area contributed by atoms with Crippen molar-refractivity contribution in [3.63, 3.8) is 0 Å². The topological polar surface area (TPSA) is 49.3 Å². The van der Waals surface area contributed by atoms with Gasteiger partial charge in [-0.25, -0.2) is 4.98 Å². The molecule has 0 N–H and O–H groups in total. The van der Waals surface area contributed by atoms with E-state index in [1.807, 2.05) is 6.92 Å². The Balaban J connectivity index is 1.72. The number of rotatable bonds is 4. The number of nitrogens with zero attached hydrogens (tertiary/aromatic N) is 4. The van der Waals surface area contributed by atoms with Gasteiger partial charge >= 0.3 is 0 Å². The number of hydrogen-bond acceptors (Lipinski definition) is 4. The third-order valence-electron chi connectivity index (χ3n) is 5.54. The summed E-state index contributed by atoms with van der Waals surface area (Å²) in [5.74, 6) is 2.00. The summed E-state index contributed by atoms with van der Waals surface area (Å²) in [4.78, 5) is 25.8. The van der Waals surface area contributed by atoms with Crippen molar-refractivity contribution in [2.24, 2.45) is 11.3 Å². The summed E-state index contributed by atoms with van der Waals surface area (Å²) >= 11 is 0. The molecule has 1 atom stereocenters. The third kappa shape index (κ3) is 3.70. The number of hydrogen-bond donors (Lipinski definition) is 0. The van der Waals surface area contributed by atoms with E-state index >= 15 is 0 Å². The largest absolute Gasteiger partial charge is 0.354 e. The molecule has 1 aromatic heterocycles. The lowest BCUT2D eigenvalue weighted by molar-refractivity contribution is -0.138. The monoisotopic (exact) mass is 330 g/mol. The first-order chi connectivity index (χ1) is 11.5. The van der Waals surface area contributed by atoms with Gasteiger partial charge in [-0.3, -0.25) is 9.78 Å². The summed E-state index contributed by atoms with van der Waals surface area (Å²) in [6.45, 7) is 10.3. The minimum Gasteiger partial charge on any atom is -0.354 e. The fourth-order valence-corrected chi connectivity index (χ4v) is 4.15. The maximum Gasteiger partial charge on any atom is 0.222 e. The summed E-state index contributed by atoms with van der Waals surface area (Å²) in [6, 6.07) is 0. The molecule has 2 aliphatic rings. The van der Waals surface area contributed by atoms with Gasteiger partial charge < -0.3 is 9.80 Å². The predicted molar refractivity (Wildman–Crippen MR) is 95.9 cm³/mol. The number of amides is 1. The maximum atomic E-state index is 12.3. The van der Waals surface area contributed by atoms with Gasteiger partial charge in [-0.15, -0.1) is 0 Å². The van der Waals surface area contributed by atoms with Crippen LogP contribution in [0.1, 0.15) is 51.6 Å². The van der Waals surface area contributed by atoms with E-state index in [9.17, 15) is 4.79 Å². The van der Waals surface area contributed by atoms with Crippen LogP contribution in [0.5, 0.6) is 0 Å². The molecular weight excluding hydrogens is 300 g/mol. The highest BCUT2D eigenvalue weighted by atomic mass is 16.2. The summed E-state index contributed by atoms with van der Waals surface area (Å²) in [6.07, 6.45) is 8.73. The zero-order valence-electron chi connectivity index (χ0n) is 15.3. The lowest BCUT2D eigenvalue weighted by Gasteiger charge is -2.48. The van der Waals surface area contributed by atoms with Gasteiger partial charge in [0.05, 0.1) is 5.69 Å². The van der Waals surface area contributed by atoms with Crippen molar-refractivity contribution >= 4 is 11.7 Å². The third-order valence-corrected chi connectivity index (χ3v) is 5.54.